The van der Waals surface area contributed by atoms with Crippen molar-refractivity contribution in [2.45, 2.75) is 32.7 Å². The molecule has 1 aromatic heterocycles. The molecule has 0 saturated carbocycles. The highest BCUT2D eigenvalue weighted by molar-refractivity contribution is 7.15. The van der Waals surface area contributed by atoms with Gasteiger partial charge in [0.05, 0.1) is 5.69 Å². The van der Waals surface area contributed by atoms with Crippen molar-refractivity contribution >= 4 is 28.5 Å². The molecule has 4 N–H and O–H groups in total. The van der Waals surface area contributed by atoms with Gasteiger partial charge in [0.15, 0.2) is 5.13 Å². The number of urea groups is 1. The highest BCUT2D eigenvalue weighted by atomic mass is 32.1. The van der Waals surface area contributed by atoms with Gasteiger partial charge in [-0.25, -0.2) is 14.6 Å². The third kappa shape index (κ3) is 4.49. The Labute approximate surface area is 114 Å². The van der Waals surface area contributed by atoms with Crippen LogP contribution in [0.15, 0.2) is 0 Å². The lowest BCUT2D eigenvalue weighted by Gasteiger charge is -2.12. The van der Waals surface area contributed by atoms with Crippen LogP contribution in [-0.2, 0) is 11.2 Å². The first-order valence-electron chi connectivity index (χ1n) is 5.85. The Morgan fingerprint density at radius 3 is 2.63 bits per heavy atom. The number of aliphatic hydroxyl groups is 1. The second kappa shape index (κ2) is 7.05. The first-order valence-corrected chi connectivity index (χ1v) is 6.67. The molecule has 0 aliphatic heterocycles. The number of hydrogen-bond acceptors (Lipinski definition) is 5. The monoisotopic (exact) mass is 287 g/mol. The topological polar surface area (TPSA) is 112 Å². The third-order valence-electron chi connectivity index (χ3n) is 2.47. The van der Waals surface area contributed by atoms with Crippen LogP contribution in [0.1, 0.15) is 23.9 Å². The zero-order valence-corrected chi connectivity index (χ0v) is 11.6. The van der Waals surface area contributed by atoms with Crippen molar-refractivity contribution in [2.24, 2.45) is 0 Å². The van der Waals surface area contributed by atoms with Crippen LogP contribution in [0.3, 0.4) is 0 Å². The molecule has 0 aromatic carbocycles. The highest BCUT2D eigenvalue weighted by Gasteiger charge is 2.19. The molecule has 8 heteroatoms. The number of hydrogen-bond donors (Lipinski definition) is 4. The second-order valence-electron chi connectivity index (χ2n) is 3.88. The van der Waals surface area contributed by atoms with Crippen molar-refractivity contribution < 1.29 is 19.8 Å². The number of amides is 2. The van der Waals surface area contributed by atoms with Crippen LogP contribution < -0.4 is 10.6 Å². The van der Waals surface area contributed by atoms with Crippen molar-refractivity contribution in [1.82, 2.24) is 10.3 Å². The first-order chi connectivity index (χ1) is 8.97. The Kier molecular flexibility index (Phi) is 5.71. The maximum Gasteiger partial charge on any atom is 0.326 e. The molecule has 0 aliphatic carbocycles. The number of carbonyl (C=O) groups is 2. The average molecular weight is 287 g/mol. The molecule has 0 radical (unpaired) electrons. The SMILES string of the molecule is CCc1nc(NC(=O)N[C@H](CCO)C(=O)O)sc1C. The molecular formula is C11H17N3O4S. The normalized spacial score (nSPS) is 11.9. The number of aliphatic carboxylic acids is 1. The van der Waals surface area contributed by atoms with Crippen LogP contribution in [-0.4, -0.2) is 39.8 Å². The van der Waals surface area contributed by atoms with Crippen molar-refractivity contribution in [2.75, 3.05) is 11.9 Å². The van der Waals surface area contributed by atoms with Crippen LogP contribution in [0, 0.1) is 6.92 Å². The number of carbonyl (C=O) groups excluding carboxylic acids is 1. The van der Waals surface area contributed by atoms with Gasteiger partial charge < -0.3 is 15.5 Å². The number of aryl methyl sites for hydroxylation is 2. The molecule has 0 spiro atoms. The molecule has 1 aromatic rings. The Morgan fingerprint density at radius 2 is 2.16 bits per heavy atom. The highest BCUT2D eigenvalue weighted by Crippen LogP contribution is 2.22. The Bertz CT molecular complexity index is 461. The minimum atomic E-state index is -1.19. The molecule has 0 fully saturated rings. The second-order valence-corrected chi connectivity index (χ2v) is 5.08. The van der Waals surface area contributed by atoms with Crippen LogP contribution in [0.5, 0.6) is 0 Å². The summed E-state index contributed by atoms with van der Waals surface area (Å²) in [5, 5.41) is 22.7. The van der Waals surface area contributed by atoms with E-state index < -0.39 is 18.0 Å². The number of anilines is 1. The van der Waals surface area contributed by atoms with Gasteiger partial charge in [-0.1, -0.05) is 6.92 Å². The van der Waals surface area contributed by atoms with E-state index in [1.54, 1.807) is 0 Å². The van der Waals surface area contributed by atoms with Crippen molar-refractivity contribution in [3.8, 4) is 0 Å². The number of nitrogens with zero attached hydrogens (tertiary/aromatic N) is 1. The summed E-state index contributed by atoms with van der Waals surface area (Å²) in [4.78, 5) is 27.7. The van der Waals surface area contributed by atoms with Gasteiger partial charge in [0, 0.05) is 17.9 Å². The van der Waals surface area contributed by atoms with Crippen LogP contribution in [0.2, 0.25) is 0 Å². The summed E-state index contributed by atoms with van der Waals surface area (Å²) < 4.78 is 0. The molecular weight excluding hydrogens is 270 g/mol. The van der Waals surface area contributed by atoms with Crippen LogP contribution >= 0.6 is 11.3 Å². The third-order valence-corrected chi connectivity index (χ3v) is 3.40. The summed E-state index contributed by atoms with van der Waals surface area (Å²) in [6, 6.07) is -1.76. The van der Waals surface area contributed by atoms with E-state index in [4.69, 9.17) is 10.2 Å². The van der Waals surface area contributed by atoms with Crippen LogP contribution in [0.25, 0.3) is 0 Å². The number of aliphatic hydroxyl groups excluding tert-OH is 1. The summed E-state index contributed by atoms with van der Waals surface area (Å²) in [6.07, 6.45) is 0.730. The smallest absolute Gasteiger partial charge is 0.326 e. The van der Waals surface area contributed by atoms with E-state index in [1.165, 1.54) is 11.3 Å². The Hall–Kier alpha value is -1.67. The van der Waals surface area contributed by atoms with E-state index in [1.807, 2.05) is 13.8 Å². The zero-order chi connectivity index (χ0) is 14.4. The Morgan fingerprint density at radius 1 is 1.47 bits per heavy atom. The molecule has 1 atom stereocenters. The lowest BCUT2D eigenvalue weighted by atomic mass is 10.2. The summed E-state index contributed by atoms with van der Waals surface area (Å²) in [5.74, 6) is -1.19. The molecule has 0 bridgehead atoms. The molecule has 0 saturated heterocycles. The minimum Gasteiger partial charge on any atom is -0.480 e. The van der Waals surface area contributed by atoms with Gasteiger partial charge in [-0.2, -0.15) is 0 Å². The molecule has 19 heavy (non-hydrogen) atoms. The number of rotatable bonds is 6. The van der Waals surface area contributed by atoms with Gasteiger partial charge in [-0.3, -0.25) is 5.32 Å². The average Bonchev–Trinajstić information content (AvgIpc) is 2.68. The fraction of sp³-hybridized carbons (Fsp3) is 0.545. The molecule has 0 aliphatic rings. The fourth-order valence-corrected chi connectivity index (χ4v) is 2.38. The summed E-state index contributed by atoms with van der Waals surface area (Å²) in [7, 11) is 0. The van der Waals surface area contributed by atoms with Gasteiger partial charge in [-0.15, -0.1) is 11.3 Å². The van der Waals surface area contributed by atoms with E-state index in [0.29, 0.717) is 5.13 Å². The first kappa shape index (κ1) is 15.4. The molecule has 0 unspecified atom stereocenters. The zero-order valence-electron chi connectivity index (χ0n) is 10.8. The maximum absolute atomic E-state index is 11.6. The summed E-state index contributed by atoms with van der Waals surface area (Å²) in [5.41, 5.74) is 0.908. The largest absolute Gasteiger partial charge is 0.480 e. The molecule has 2 amide bonds. The number of nitrogens with one attached hydrogen (secondary N) is 2. The van der Waals surface area contributed by atoms with Gasteiger partial charge in [0.25, 0.3) is 0 Å². The maximum atomic E-state index is 11.6. The van der Waals surface area contributed by atoms with Crippen molar-refractivity contribution in [3.63, 3.8) is 0 Å². The summed E-state index contributed by atoms with van der Waals surface area (Å²) >= 11 is 1.34. The van der Waals surface area contributed by atoms with E-state index in [9.17, 15) is 9.59 Å². The lowest BCUT2D eigenvalue weighted by Crippen LogP contribution is -2.43. The molecule has 106 valence electrons. The molecule has 7 nitrogen and oxygen atoms in total. The number of aromatic nitrogens is 1. The number of carboxylic acid groups (broad SMARTS) is 1. The van der Waals surface area contributed by atoms with E-state index >= 15 is 0 Å². The minimum absolute atomic E-state index is 0.0418. The van der Waals surface area contributed by atoms with Crippen molar-refractivity contribution in [1.29, 1.82) is 0 Å². The quantitative estimate of drug-likeness (QED) is 0.623. The molecule has 1 rings (SSSR count). The van der Waals surface area contributed by atoms with E-state index in [2.05, 4.69) is 15.6 Å². The van der Waals surface area contributed by atoms with Gasteiger partial charge in [0.2, 0.25) is 0 Å². The standard InChI is InChI=1S/C11H17N3O4S/c1-3-7-6(2)19-11(13-7)14-10(18)12-8(4-5-15)9(16)17/h8,15H,3-5H2,1-2H3,(H,16,17)(H2,12,13,14,18)/t8-/m1/s1. The van der Waals surface area contributed by atoms with Gasteiger partial charge in [-0.05, 0) is 13.3 Å². The van der Waals surface area contributed by atoms with Crippen molar-refractivity contribution in [3.05, 3.63) is 10.6 Å². The fourth-order valence-electron chi connectivity index (χ4n) is 1.49. The summed E-state index contributed by atoms with van der Waals surface area (Å²) in [6.45, 7) is 3.56. The van der Waals surface area contributed by atoms with Crippen LogP contribution in [0.4, 0.5) is 9.93 Å². The Balaban J connectivity index is 2.60. The van der Waals surface area contributed by atoms with E-state index in [0.717, 1.165) is 17.0 Å². The number of carboxylic acids is 1. The molecule has 1 heterocycles. The van der Waals surface area contributed by atoms with Gasteiger partial charge in [0.1, 0.15) is 6.04 Å². The lowest BCUT2D eigenvalue weighted by molar-refractivity contribution is -0.139. The predicted molar refractivity (Wildman–Crippen MR) is 71.5 cm³/mol. The van der Waals surface area contributed by atoms with Gasteiger partial charge >= 0.3 is 12.0 Å². The van der Waals surface area contributed by atoms with E-state index in [-0.39, 0.29) is 13.0 Å². The number of thiazole rings is 1. The predicted octanol–water partition coefficient (Wildman–Crippen LogP) is 0.971.